The fourth-order valence-corrected chi connectivity index (χ4v) is 3.04. The average molecular weight is 338 g/mol. The van der Waals surface area contributed by atoms with Gasteiger partial charge in [0.25, 0.3) is 5.91 Å². The van der Waals surface area contributed by atoms with Crippen molar-refractivity contribution in [2.75, 3.05) is 23.4 Å². The van der Waals surface area contributed by atoms with Crippen molar-refractivity contribution in [3.63, 3.8) is 0 Å². The summed E-state index contributed by atoms with van der Waals surface area (Å²) >= 11 is 0. The zero-order chi connectivity index (χ0) is 17.4. The molecule has 2 aromatic rings. The van der Waals surface area contributed by atoms with E-state index in [4.69, 9.17) is 9.47 Å². The number of nitrogens with one attached hydrogen (secondary N) is 1. The zero-order valence-electron chi connectivity index (χ0n) is 13.8. The Morgan fingerprint density at radius 1 is 1.00 bits per heavy atom. The molecule has 6 heteroatoms. The first-order valence-corrected chi connectivity index (χ1v) is 8.21. The minimum Gasteiger partial charge on any atom is -0.486 e. The minimum absolute atomic E-state index is 0.126. The van der Waals surface area contributed by atoms with Crippen molar-refractivity contribution in [3.8, 4) is 11.5 Å². The molecular formula is C19H18N2O4. The second kappa shape index (κ2) is 6.12. The number of aryl methyl sites for hydroxylation is 1. The van der Waals surface area contributed by atoms with Gasteiger partial charge in [-0.2, -0.15) is 0 Å². The van der Waals surface area contributed by atoms with Crippen LogP contribution >= 0.6 is 0 Å². The monoisotopic (exact) mass is 338 g/mol. The van der Waals surface area contributed by atoms with Crippen LogP contribution in [0.15, 0.2) is 42.5 Å². The third-order valence-electron chi connectivity index (χ3n) is 4.32. The molecule has 0 aliphatic carbocycles. The first kappa shape index (κ1) is 15.5. The lowest BCUT2D eigenvalue weighted by Crippen LogP contribution is -2.34. The van der Waals surface area contributed by atoms with Crippen LogP contribution in [0.1, 0.15) is 12.0 Å². The summed E-state index contributed by atoms with van der Waals surface area (Å²) in [7, 11) is 0. The van der Waals surface area contributed by atoms with E-state index in [1.54, 1.807) is 24.3 Å². The molecule has 2 heterocycles. The maximum atomic E-state index is 12.7. The number of carbonyl (C=O) groups excluding carboxylic acids is 2. The number of ether oxygens (including phenoxy) is 2. The summed E-state index contributed by atoms with van der Waals surface area (Å²) in [4.78, 5) is 26.2. The molecule has 0 spiro atoms. The summed E-state index contributed by atoms with van der Waals surface area (Å²) in [5.41, 5.74) is 2.40. The largest absolute Gasteiger partial charge is 0.486 e. The molecule has 2 amide bonds. The fourth-order valence-electron chi connectivity index (χ4n) is 3.04. The molecule has 4 rings (SSSR count). The highest BCUT2D eigenvalue weighted by Gasteiger charge is 2.39. The molecular weight excluding hydrogens is 320 g/mol. The maximum absolute atomic E-state index is 12.7. The molecule has 1 N–H and O–H groups in total. The SMILES string of the molecule is Cc1ccc(N2C(=O)CC(Nc3ccc4c(c3)OCCO4)C2=O)cc1. The second-order valence-corrected chi connectivity index (χ2v) is 6.16. The van der Waals surface area contributed by atoms with Crippen molar-refractivity contribution < 1.29 is 19.1 Å². The van der Waals surface area contributed by atoms with Gasteiger partial charge >= 0.3 is 0 Å². The predicted octanol–water partition coefficient (Wildman–Crippen LogP) is 2.51. The molecule has 0 radical (unpaired) electrons. The van der Waals surface area contributed by atoms with Crippen molar-refractivity contribution in [1.29, 1.82) is 0 Å². The third kappa shape index (κ3) is 2.91. The molecule has 1 atom stereocenters. The Bertz CT molecular complexity index is 832. The molecule has 0 saturated carbocycles. The molecule has 1 unspecified atom stereocenters. The molecule has 2 aromatic carbocycles. The normalized spacial score (nSPS) is 19.2. The molecule has 128 valence electrons. The number of anilines is 2. The van der Waals surface area contributed by atoms with Gasteiger partial charge in [-0.1, -0.05) is 17.7 Å². The van der Waals surface area contributed by atoms with Gasteiger partial charge < -0.3 is 14.8 Å². The summed E-state index contributed by atoms with van der Waals surface area (Å²) in [6.07, 6.45) is 0.126. The molecule has 1 fully saturated rings. The molecule has 25 heavy (non-hydrogen) atoms. The first-order chi connectivity index (χ1) is 12.1. The van der Waals surface area contributed by atoms with Gasteiger partial charge in [-0.25, -0.2) is 4.90 Å². The van der Waals surface area contributed by atoms with Crippen LogP contribution in [0.25, 0.3) is 0 Å². The number of imide groups is 1. The smallest absolute Gasteiger partial charge is 0.256 e. The second-order valence-electron chi connectivity index (χ2n) is 6.16. The molecule has 6 nitrogen and oxygen atoms in total. The summed E-state index contributed by atoms with van der Waals surface area (Å²) in [6.45, 7) is 2.99. The van der Waals surface area contributed by atoms with Gasteiger partial charge in [-0.05, 0) is 31.2 Å². The van der Waals surface area contributed by atoms with Crippen molar-refractivity contribution in [2.24, 2.45) is 0 Å². The van der Waals surface area contributed by atoms with Gasteiger partial charge in [0, 0.05) is 11.8 Å². The van der Waals surface area contributed by atoms with E-state index in [2.05, 4.69) is 5.32 Å². The summed E-state index contributed by atoms with van der Waals surface area (Å²) < 4.78 is 11.0. The summed E-state index contributed by atoms with van der Waals surface area (Å²) in [5, 5.41) is 3.13. The van der Waals surface area contributed by atoms with E-state index in [0.717, 1.165) is 11.3 Å². The Morgan fingerprint density at radius 3 is 2.48 bits per heavy atom. The van der Waals surface area contributed by atoms with Crippen LogP contribution < -0.4 is 19.7 Å². The Kier molecular flexibility index (Phi) is 3.80. The van der Waals surface area contributed by atoms with Crippen molar-refractivity contribution in [1.82, 2.24) is 0 Å². The van der Waals surface area contributed by atoms with E-state index in [1.165, 1.54) is 4.90 Å². The van der Waals surface area contributed by atoms with Gasteiger partial charge in [0.2, 0.25) is 5.91 Å². The zero-order valence-corrected chi connectivity index (χ0v) is 13.8. The van der Waals surface area contributed by atoms with Crippen LogP contribution in [-0.2, 0) is 9.59 Å². The Balaban J connectivity index is 1.53. The van der Waals surface area contributed by atoms with Crippen LogP contribution in [-0.4, -0.2) is 31.1 Å². The number of hydrogen-bond donors (Lipinski definition) is 1. The molecule has 0 aromatic heterocycles. The fraction of sp³-hybridized carbons (Fsp3) is 0.263. The lowest BCUT2D eigenvalue weighted by atomic mass is 10.2. The summed E-state index contributed by atoms with van der Waals surface area (Å²) in [6, 6.07) is 12.2. The van der Waals surface area contributed by atoms with Gasteiger partial charge in [0.1, 0.15) is 19.3 Å². The van der Waals surface area contributed by atoms with Crippen LogP contribution in [0, 0.1) is 6.92 Å². The number of amides is 2. The average Bonchev–Trinajstić information content (AvgIpc) is 2.89. The Hall–Kier alpha value is -3.02. The van der Waals surface area contributed by atoms with Gasteiger partial charge in [0.15, 0.2) is 11.5 Å². The quantitative estimate of drug-likeness (QED) is 0.871. The summed E-state index contributed by atoms with van der Waals surface area (Å²) in [5.74, 6) is 0.878. The lowest BCUT2D eigenvalue weighted by molar-refractivity contribution is -0.121. The van der Waals surface area contributed by atoms with Crippen LogP contribution in [0.5, 0.6) is 11.5 Å². The number of benzene rings is 2. The highest BCUT2D eigenvalue weighted by Crippen LogP contribution is 2.33. The number of carbonyl (C=O) groups is 2. The standard InChI is InChI=1S/C19H18N2O4/c1-12-2-5-14(6-3-12)21-18(22)11-15(19(21)23)20-13-4-7-16-17(10-13)25-9-8-24-16/h2-7,10,15,20H,8-9,11H2,1H3. The van der Waals surface area contributed by atoms with E-state index in [1.807, 2.05) is 25.1 Å². The molecule has 0 bridgehead atoms. The number of nitrogens with zero attached hydrogens (tertiary/aromatic N) is 1. The van der Waals surface area contributed by atoms with Gasteiger partial charge in [-0.3, -0.25) is 9.59 Å². The molecule has 2 aliphatic heterocycles. The van der Waals surface area contributed by atoms with E-state index < -0.39 is 6.04 Å². The highest BCUT2D eigenvalue weighted by molar-refractivity contribution is 6.23. The number of rotatable bonds is 3. The maximum Gasteiger partial charge on any atom is 0.256 e. The third-order valence-corrected chi connectivity index (χ3v) is 4.32. The molecule has 1 saturated heterocycles. The molecule has 2 aliphatic rings. The van der Waals surface area contributed by atoms with E-state index in [9.17, 15) is 9.59 Å². The predicted molar refractivity (Wildman–Crippen MR) is 93.1 cm³/mol. The van der Waals surface area contributed by atoms with E-state index >= 15 is 0 Å². The van der Waals surface area contributed by atoms with E-state index in [-0.39, 0.29) is 18.2 Å². The minimum atomic E-state index is -0.587. The van der Waals surface area contributed by atoms with Crippen LogP contribution in [0.4, 0.5) is 11.4 Å². The Morgan fingerprint density at radius 2 is 1.72 bits per heavy atom. The van der Waals surface area contributed by atoms with Crippen molar-refractivity contribution >= 4 is 23.2 Å². The Labute approximate surface area is 145 Å². The van der Waals surface area contributed by atoms with Gasteiger partial charge in [-0.15, -0.1) is 0 Å². The van der Waals surface area contributed by atoms with Gasteiger partial charge in [0.05, 0.1) is 12.1 Å². The van der Waals surface area contributed by atoms with Crippen molar-refractivity contribution in [3.05, 3.63) is 48.0 Å². The van der Waals surface area contributed by atoms with Crippen molar-refractivity contribution in [2.45, 2.75) is 19.4 Å². The highest BCUT2D eigenvalue weighted by atomic mass is 16.6. The lowest BCUT2D eigenvalue weighted by Gasteiger charge is -2.20. The number of hydrogen-bond acceptors (Lipinski definition) is 5. The number of fused-ring (bicyclic) bond motifs is 1. The first-order valence-electron chi connectivity index (χ1n) is 8.21. The van der Waals surface area contributed by atoms with Crippen LogP contribution in [0.3, 0.4) is 0 Å². The topological polar surface area (TPSA) is 67.9 Å². The van der Waals surface area contributed by atoms with Crippen LogP contribution in [0.2, 0.25) is 0 Å². The van der Waals surface area contributed by atoms with E-state index in [0.29, 0.717) is 30.4 Å².